The first-order chi connectivity index (χ1) is 12.6. The molecule has 0 aliphatic carbocycles. The lowest BCUT2D eigenvalue weighted by atomic mass is 10.1. The van der Waals surface area contributed by atoms with E-state index in [1.807, 2.05) is 13.0 Å². The second-order valence-electron chi connectivity index (χ2n) is 6.82. The number of benzene rings is 2. The highest BCUT2D eigenvalue weighted by Crippen LogP contribution is 2.29. The van der Waals surface area contributed by atoms with Crippen LogP contribution >= 0.6 is 24.8 Å². The van der Waals surface area contributed by atoms with Crippen LogP contribution in [-0.4, -0.2) is 38.7 Å². The van der Waals surface area contributed by atoms with Gasteiger partial charge in [0.1, 0.15) is 6.61 Å². The molecule has 0 amide bonds. The quantitative estimate of drug-likeness (QED) is 0.518. The standard InChI is InChI=1S/C22H32N2O2.2ClH/c1-5-25-22-15-20(16-23-13-6-14-24(3)4)11-12-21(22)26-17-19-9-7-18(2)8-10-19;;/h7-12,15,23H,5-6,13-14,16-17H2,1-4H3;2*1H. The fourth-order valence-corrected chi connectivity index (χ4v) is 2.65. The monoisotopic (exact) mass is 428 g/mol. The Morgan fingerprint density at radius 1 is 0.893 bits per heavy atom. The molecule has 0 fully saturated rings. The van der Waals surface area contributed by atoms with E-state index in [0.717, 1.165) is 43.1 Å². The molecule has 6 heteroatoms. The molecule has 0 aliphatic rings. The zero-order chi connectivity index (χ0) is 18.8. The molecule has 0 saturated heterocycles. The fourth-order valence-electron chi connectivity index (χ4n) is 2.65. The largest absolute Gasteiger partial charge is 0.490 e. The number of nitrogens with zero attached hydrogens (tertiary/aromatic N) is 1. The maximum absolute atomic E-state index is 5.99. The first kappa shape index (κ1) is 26.5. The number of hydrogen-bond donors (Lipinski definition) is 1. The van der Waals surface area contributed by atoms with Crippen molar-refractivity contribution in [2.75, 3.05) is 33.8 Å². The Balaban J connectivity index is 0.00000364. The lowest BCUT2D eigenvalue weighted by molar-refractivity contribution is 0.269. The first-order valence-corrected chi connectivity index (χ1v) is 9.38. The summed E-state index contributed by atoms with van der Waals surface area (Å²) in [4.78, 5) is 2.20. The SMILES string of the molecule is CCOc1cc(CNCCCN(C)C)ccc1OCc1ccc(C)cc1.Cl.Cl. The molecule has 0 saturated carbocycles. The summed E-state index contributed by atoms with van der Waals surface area (Å²) in [6, 6.07) is 14.6. The molecule has 0 aromatic heterocycles. The average molecular weight is 429 g/mol. The van der Waals surface area contributed by atoms with E-state index in [0.29, 0.717) is 13.2 Å². The van der Waals surface area contributed by atoms with Crippen LogP contribution in [0.4, 0.5) is 0 Å². The van der Waals surface area contributed by atoms with E-state index in [1.54, 1.807) is 0 Å². The van der Waals surface area contributed by atoms with Crippen molar-refractivity contribution >= 4 is 24.8 Å². The normalized spacial score (nSPS) is 10.2. The van der Waals surface area contributed by atoms with E-state index in [4.69, 9.17) is 9.47 Å². The maximum Gasteiger partial charge on any atom is 0.161 e. The summed E-state index contributed by atoms with van der Waals surface area (Å²) >= 11 is 0. The van der Waals surface area contributed by atoms with Gasteiger partial charge in [0.2, 0.25) is 0 Å². The van der Waals surface area contributed by atoms with E-state index < -0.39 is 0 Å². The predicted molar refractivity (Wildman–Crippen MR) is 122 cm³/mol. The van der Waals surface area contributed by atoms with Crippen LogP contribution in [0.15, 0.2) is 42.5 Å². The molecular formula is C22H34Cl2N2O2. The van der Waals surface area contributed by atoms with E-state index in [1.165, 1.54) is 11.1 Å². The van der Waals surface area contributed by atoms with Crippen molar-refractivity contribution in [3.05, 3.63) is 59.2 Å². The summed E-state index contributed by atoms with van der Waals surface area (Å²) in [6.07, 6.45) is 1.14. The lowest BCUT2D eigenvalue weighted by Crippen LogP contribution is -2.21. The van der Waals surface area contributed by atoms with Crippen molar-refractivity contribution in [3.8, 4) is 11.5 Å². The van der Waals surface area contributed by atoms with Crippen LogP contribution in [0.2, 0.25) is 0 Å². The third-order valence-electron chi connectivity index (χ3n) is 4.11. The smallest absolute Gasteiger partial charge is 0.161 e. The van der Waals surface area contributed by atoms with E-state index in [-0.39, 0.29) is 24.8 Å². The van der Waals surface area contributed by atoms with Gasteiger partial charge in [0.15, 0.2) is 11.5 Å². The number of halogens is 2. The van der Waals surface area contributed by atoms with Crippen molar-refractivity contribution < 1.29 is 9.47 Å². The summed E-state index contributed by atoms with van der Waals surface area (Å²) in [7, 11) is 4.20. The number of rotatable bonds is 11. The van der Waals surface area contributed by atoms with E-state index >= 15 is 0 Å². The topological polar surface area (TPSA) is 33.7 Å². The maximum atomic E-state index is 5.99. The van der Waals surface area contributed by atoms with Crippen LogP contribution in [0.5, 0.6) is 11.5 Å². The Kier molecular flexibility index (Phi) is 13.8. The summed E-state index contributed by atoms with van der Waals surface area (Å²) in [5.41, 5.74) is 3.62. The van der Waals surface area contributed by atoms with Gasteiger partial charge in [-0.1, -0.05) is 35.9 Å². The summed E-state index contributed by atoms with van der Waals surface area (Å²) < 4.78 is 11.8. The molecule has 2 aromatic rings. The van der Waals surface area contributed by atoms with Crippen LogP contribution in [-0.2, 0) is 13.2 Å². The summed E-state index contributed by atoms with van der Waals surface area (Å²) in [5.74, 6) is 1.61. The third-order valence-corrected chi connectivity index (χ3v) is 4.11. The minimum atomic E-state index is 0. The summed E-state index contributed by atoms with van der Waals surface area (Å²) in [5, 5.41) is 3.49. The van der Waals surface area contributed by atoms with Crippen LogP contribution in [0.1, 0.15) is 30.0 Å². The molecule has 0 heterocycles. The van der Waals surface area contributed by atoms with Crippen molar-refractivity contribution in [2.24, 2.45) is 0 Å². The van der Waals surface area contributed by atoms with Gasteiger partial charge in [0.05, 0.1) is 6.61 Å². The van der Waals surface area contributed by atoms with Gasteiger partial charge in [-0.25, -0.2) is 0 Å². The highest BCUT2D eigenvalue weighted by molar-refractivity contribution is 5.85. The molecule has 1 N–H and O–H groups in total. The average Bonchev–Trinajstić information content (AvgIpc) is 2.62. The zero-order valence-corrected chi connectivity index (χ0v) is 19.0. The minimum absolute atomic E-state index is 0. The number of nitrogens with one attached hydrogen (secondary N) is 1. The Labute approximate surface area is 182 Å². The molecular weight excluding hydrogens is 395 g/mol. The molecule has 0 unspecified atom stereocenters. The molecule has 2 rings (SSSR count). The van der Waals surface area contributed by atoms with Crippen molar-refractivity contribution in [1.82, 2.24) is 10.2 Å². The van der Waals surface area contributed by atoms with Gasteiger partial charge in [0.25, 0.3) is 0 Å². The zero-order valence-electron chi connectivity index (χ0n) is 17.4. The Hall–Kier alpha value is -1.46. The molecule has 2 aromatic carbocycles. The molecule has 0 radical (unpaired) electrons. The van der Waals surface area contributed by atoms with Gasteiger partial charge in [-0.05, 0) is 70.7 Å². The lowest BCUT2D eigenvalue weighted by Gasteiger charge is -2.14. The van der Waals surface area contributed by atoms with Crippen molar-refractivity contribution in [2.45, 2.75) is 33.4 Å². The highest BCUT2D eigenvalue weighted by Gasteiger charge is 2.07. The predicted octanol–water partition coefficient (Wildman–Crippen LogP) is 4.86. The van der Waals surface area contributed by atoms with Crippen molar-refractivity contribution in [3.63, 3.8) is 0 Å². The van der Waals surface area contributed by atoms with Gasteiger partial charge in [0, 0.05) is 6.54 Å². The number of ether oxygens (including phenoxy) is 2. The molecule has 0 atom stereocenters. The molecule has 0 aliphatic heterocycles. The Bertz CT molecular complexity index is 664. The molecule has 158 valence electrons. The second kappa shape index (κ2) is 14.5. The van der Waals surface area contributed by atoms with E-state index in [9.17, 15) is 0 Å². The Morgan fingerprint density at radius 3 is 2.21 bits per heavy atom. The van der Waals surface area contributed by atoms with Gasteiger partial charge in [-0.2, -0.15) is 0 Å². The Morgan fingerprint density at radius 2 is 1.57 bits per heavy atom. The van der Waals surface area contributed by atoms with E-state index in [2.05, 4.69) is 67.6 Å². The van der Waals surface area contributed by atoms with Crippen LogP contribution in [0.25, 0.3) is 0 Å². The summed E-state index contributed by atoms with van der Waals surface area (Å²) in [6.45, 7) is 8.20. The highest BCUT2D eigenvalue weighted by atomic mass is 35.5. The molecule has 0 bridgehead atoms. The van der Waals surface area contributed by atoms with Crippen molar-refractivity contribution in [1.29, 1.82) is 0 Å². The second-order valence-corrected chi connectivity index (χ2v) is 6.82. The molecule has 4 nitrogen and oxygen atoms in total. The van der Waals surface area contributed by atoms with Crippen LogP contribution < -0.4 is 14.8 Å². The first-order valence-electron chi connectivity index (χ1n) is 9.38. The number of hydrogen-bond acceptors (Lipinski definition) is 4. The van der Waals surface area contributed by atoms with Gasteiger partial charge >= 0.3 is 0 Å². The molecule has 28 heavy (non-hydrogen) atoms. The van der Waals surface area contributed by atoms with Crippen LogP contribution in [0.3, 0.4) is 0 Å². The van der Waals surface area contributed by atoms with Gasteiger partial charge in [-0.15, -0.1) is 24.8 Å². The number of aryl methyl sites for hydroxylation is 1. The van der Waals surface area contributed by atoms with Gasteiger partial charge in [-0.3, -0.25) is 0 Å². The van der Waals surface area contributed by atoms with Crippen LogP contribution in [0, 0.1) is 6.92 Å². The molecule has 0 spiro atoms. The third kappa shape index (κ3) is 9.65. The van der Waals surface area contributed by atoms with Gasteiger partial charge < -0.3 is 19.7 Å². The fraction of sp³-hybridized carbons (Fsp3) is 0.455. The minimum Gasteiger partial charge on any atom is -0.490 e.